The summed E-state index contributed by atoms with van der Waals surface area (Å²) < 4.78 is 30.4. The van der Waals surface area contributed by atoms with Gasteiger partial charge >= 0.3 is 0 Å². The molecular weight excluding hydrogens is 338 g/mol. The van der Waals surface area contributed by atoms with Gasteiger partial charge in [-0.2, -0.15) is 0 Å². The molecule has 7 heteroatoms. The molecule has 1 amide bonds. The van der Waals surface area contributed by atoms with Crippen LogP contribution in [0.3, 0.4) is 0 Å². The van der Waals surface area contributed by atoms with Gasteiger partial charge in [0.25, 0.3) is 0 Å². The number of benzene rings is 1. The van der Waals surface area contributed by atoms with Gasteiger partial charge in [-0.25, -0.2) is 8.42 Å². The van der Waals surface area contributed by atoms with E-state index < -0.39 is 14.6 Å². The van der Waals surface area contributed by atoms with Gasteiger partial charge in [-0.1, -0.05) is 24.4 Å². The lowest BCUT2D eigenvalue weighted by Gasteiger charge is -2.35. The third kappa shape index (κ3) is 2.88. The van der Waals surface area contributed by atoms with Crippen LogP contribution in [0.2, 0.25) is 5.02 Å². The number of amides is 1. The average molecular weight is 358 g/mol. The molecule has 0 atom stereocenters. The van der Waals surface area contributed by atoms with Crippen molar-refractivity contribution in [1.82, 2.24) is 4.90 Å². The molecule has 1 aliphatic carbocycles. The highest BCUT2D eigenvalue weighted by Crippen LogP contribution is 2.42. The minimum Gasteiger partial charge on any atom is -0.378 e. The Balaban J connectivity index is 1.99. The van der Waals surface area contributed by atoms with E-state index in [1.807, 2.05) is 0 Å². The normalized spacial score (nSPS) is 21.3. The maximum atomic E-state index is 13.2. The average Bonchev–Trinajstić information content (AvgIpc) is 3.07. The first kappa shape index (κ1) is 16.7. The third-order valence-corrected chi connectivity index (χ3v) is 7.49. The molecule has 1 aliphatic heterocycles. The predicted molar refractivity (Wildman–Crippen MR) is 87.2 cm³/mol. The van der Waals surface area contributed by atoms with Gasteiger partial charge < -0.3 is 9.64 Å². The predicted octanol–water partition coefficient (Wildman–Crippen LogP) is 2.29. The molecule has 126 valence electrons. The monoisotopic (exact) mass is 357 g/mol. The highest BCUT2D eigenvalue weighted by atomic mass is 35.5. The molecule has 3 rings (SSSR count). The molecule has 0 unspecified atom stereocenters. The number of hydrogen-bond donors (Lipinski definition) is 0. The summed E-state index contributed by atoms with van der Waals surface area (Å²) in [6.07, 6.45) is 2.27. The summed E-state index contributed by atoms with van der Waals surface area (Å²) in [7, 11) is -3.76. The van der Waals surface area contributed by atoms with Crippen LogP contribution in [0, 0.1) is 0 Å². The van der Waals surface area contributed by atoms with E-state index in [-0.39, 0.29) is 10.8 Å². The molecule has 2 fully saturated rings. The zero-order chi connectivity index (χ0) is 16.5. The van der Waals surface area contributed by atoms with E-state index in [2.05, 4.69) is 0 Å². The molecule has 0 spiro atoms. The van der Waals surface area contributed by atoms with Crippen molar-refractivity contribution in [2.45, 2.75) is 35.3 Å². The second kappa shape index (κ2) is 6.42. The number of rotatable bonds is 3. The van der Waals surface area contributed by atoms with Crippen LogP contribution >= 0.6 is 11.6 Å². The van der Waals surface area contributed by atoms with Crippen LogP contribution in [-0.4, -0.2) is 50.3 Å². The zero-order valence-corrected chi connectivity index (χ0v) is 14.4. The molecule has 1 aromatic carbocycles. The van der Waals surface area contributed by atoms with Crippen LogP contribution in [-0.2, 0) is 19.4 Å². The lowest BCUT2D eigenvalue weighted by Crippen LogP contribution is -2.55. The Bertz CT molecular complexity index is 675. The van der Waals surface area contributed by atoms with E-state index in [1.165, 1.54) is 12.1 Å². The quantitative estimate of drug-likeness (QED) is 0.832. The summed E-state index contributed by atoms with van der Waals surface area (Å²) >= 11 is 5.86. The van der Waals surface area contributed by atoms with Gasteiger partial charge in [0.2, 0.25) is 5.91 Å². The molecule has 0 aromatic heterocycles. The SMILES string of the molecule is O=C(N1CCOCC1)C1(S(=O)(=O)c2ccc(Cl)cc2)CCCC1. The van der Waals surface area contributed by atoms with Crippen molar-refractivity contribution in [2.24, 2.45) is 0 Å². The van der Waals surface area contributed by atoms with Gasteiger partial charge in [0.05, 0.1) is 18.1 Å². The van der Waals surface area contributed by atoms with Crippen LogP contribution in [0.1, 0.15) is 25.7 Å². The molecule has 0 N–H and O–H groups in total. The summed E-state index contributed by atoms with van der Waals surface area (Å²) in [5.74, 6) is -0.270. The smallest absolute Gasteiger partial charge is 0.244 e. The van der Waals surface area contributed by atoms with Crippen molar-refractivity contribution in [3.8, 4) is 0 Å². The van der Waals surface area contributed by atoms with Crippen molar-refractivity contribution in [2.75, 3.05) is 26.3 Å². The zero-order valence-electron chi connectivity index (χ0n) is 12.8. The molecule has 1 aromatic rings. The minimum absolute atomic E-state index is 0.172. The summed E-state index contributed by atoms with van der Waals surface area (Å²) in [5.41, 5.74) is 0. The van der Waals surface area contributed by atoms with Crippen molar-refractivity contribution >= 4 is 27.3 Å². The maximum absolute atomic E-state index is 13.2. The van der Waals surface area contributed by atoms with Crippen LogP contribution in [0.5, 0.6) is 0 Å². The van der Waals surface area contributed by atoms with Crippen LogP contribution in [0.15, 0.2) is 29.2 Å². The summed E-state index contributed by atoms with van der Waals surface area (Å²) in [6.45, 7) is 1.83. The van der Waals surface area contributed by atoms with Crippen molar-refractivity contribution in [3.05, 3.63) is 29.3 Å². The Morgan fingerprint density at radius 3 is 2.22 bits per heavy atom. The molecule has 1 saturated heterocycles. The molecule has 1 saturated carbocycles. The third-order valence-electron chi connectivity index (χ3n) is 4.74. The molecule has 5 nitrogen and oxygen atoms in total. The van der Waals surface area contributed by atoms with Gasteiger partial charge in [0.15, 0.2) is 14.6 Å². The van der Waals surface area contributed by atoms with E-state index in [1.54, 1.807) is 17.0 Å². The van der Waals surface area contributed by atoms with Crippen LogP contribution < -0.4 is 0 Å². The Morgan fingerprint density at radius 2 is 1.65 bits per heavy atom. The first-order valence-corrected chi connectivity index (χ1v) is 9.71. The Labute approximate surface area is 141 Å². The first-order chi connectivity index (χ1) is 11.0. The second-order valence-corrected chi connectivity index (χ2v) is 8.76. The fourth-order valence-corrected chi connectivity index (χ4v) is 5.69. The molecule has 23 heavy (non-hydrogen) atoms. The summed E-state index contributed by atoms with van der Waals surface area (Å²) in [6, 6.07) is 6.08. The largest absolute Gasteiger partial charge is 0.378 e. The van der Waals surface area contributed by atoms with E-state index in [4.69, 9.17) is 16.3 Å². The number of sulfone groups is 1. The van der Waals surface area contributed by atoms with E-state index >= 15 is 0 Å². The fraction of sp³-hybridized carbons (Fsp3) is 0.562. The lowest BCUT2D eigenvalue weighted by molar-refractivity contribution is -0.138. The highest BCUT2D eigenvalue weighted by molar-refractivity contribution is 7.93. The van der Waals surface area contributed by atoms with Crippen molar-refractivity contribution < 1.29 is 17.9 Å². The maximum Gasteiger partial charge on any atom is 0.244 e. The number of hydrogen-bond acceptors (Lipinski definition) is 4. The standard InChI is InChI=1S/C16H20ClNO4S/c17-13-3-5-14(6-4-13)23(20,21)16(7-1-2-8-16)15(19)18-9-11-22-12-10-18/h3-6H,1-2,7-12H2. The number of carbonyl (C=O) groups is 1. The lowest BCUT2D eigenvalue weighted by atomic mass is 10.1. The van der Waals surface area contributed by atoms with Gasteiger partial charge in [0.1, 0.15) is 0 Å². The second-order valence-electron chi connectivity index (χ2n) is 6.06. The molecule has 0 radical (unpaired) electrons. The molecule has 0 bridgehead atoms. The molecule has 1 heterocycles. The Kier molecular flexibility index (Phi) is 4.67. The van der Waals surface area contributed by atoms with Crippen LogP contribution in [0.25, 0.3) is 0 Å². The van der Waals surface area contributed by atoms with Gasteiger partial charge in [-0.05, 0) is 37.1 Å². The van der Waals surface area contributed by atoms with Crippen molar-refractivity contribution in [1.29, 1.82) is 0 Å². The summed E-state index contributed by atoms with van der Waals surface area (Å²) in [5, 5.41) is 0.476. The van der Waals surface area contributed by atoms with Gasteiger partial charge in [0, 0.05) is 18.1 Å². The summed E-state index contributed by atoms with van der Waals surface area (Å²) in [4.78, 5) is 14.9. The van der Waals surface area contributed by atoms with Crippen LogP contribution in [0.4, 0.5) is 0 Å². The molecule has 2 aliphatic rings. The number of ether oxygens (including phenoxy) is 1. The number of morpholine rings is 1. The van der Waals surface area contributed by atoms with E-state index in [0.29, 0.717) is 44.2 Å². The number of carbonyl (C=O) groups excluding carboxylic acids is 1. The van der Waals surface area contributed by atoms with Gasteiger partial charge in [-0.15, -0.1) is 0 Å². The first-order valence-electron chi connectivity index (χ1n) is 7.85. The Morgan fingerprint density at radius 1 is 1.09 bits per heavy atom. The number of nitrogens with zero attached hydrogens (tertiary/aromatic N) is 1. The molecular formula is C16H20ClNO4S. The van der Waals surface area contributed by atoms with E-state index in [9.17, 15) is 13.2 Å². The fourth-order valence-electron chi connectivity index (χ4n) is 3.44. The van der Waals surface area contributed by atoms with E-state index in [0.717, 1.165) is 12.8 Å². The highest BCUT2D eigenvalue weighted by Gasteiger charge is 2.54. The Hall–Kier alpha value is -1.11. The van der Waals surface area contributed by atoms with Gasteiger partial charge in [-0.3, -0.25) is 4.79 Å². The minimum atomic E-state index is -3.76. The number of halogens is 1. The van der Waals surface area contributed by atoms with Crippen molar-refractivity contribution in [3.63, 3.8) is 0 Å². The topological polar surface area (TPSA) is 63.7 Å².